The number of fused-ring (bicyclic) bond motifs is 1. The summed E-state index contributed by atoms with van der Waals surface area (Å²) in [5, 5.41) is 0.534. The van der Waals surface area contributed by atoms with Gasteiger partial charge in [0, 0.05) is 12.7 Å². The number of piperidine rings is 1. The molecule has 0 spiro atoms. The predicted molar refractivity (Wildman–Crippen MR) is 141 cm³/mol. The average Bonchev–Trinajstić information content (AvgIpc) is 3.50. The Bertz CT molecular complexity index is 1470. The van der Waals surface area contributed by atoms with Crippen LogP contribution < -0.4 is 4.90 Å². The molecule has 1 unspecified atom stereocenters. The normalized spacial score (nSPS) is 17.0. The summed E-state index contributed by atoms with van der Waals surface area (Å²) in [4.78, 5) is 24.9. The van der Waals surface area contributed by atoms with Gasteiger partial charge in [0.05, 0.1) is 26.8 Å². The van der Waals surface area contributed by atoms with Crippen molar-refractivity contribution in [3.05, 3.63) is 70.3 Å². The summed E-state index contributed by atoms with van der Waals surface area (Å²) in [6, 6.07) is 13.7. The van der Waals surface area contributed by atoms with Crippen molar-refractivity contribution in [3.63, 3.8) is 0 Å². The molecule has 0 aliphatic carbocycles. The van der Waals surface area contributed by atoms with Crippen LogP contribution in [0.2, 0.25) is 4.34 Å². The summed E-state index contributed by atoms with van der Waals surface area (Å²) in [5.74, 6) is -0.293. The first-order chi connectivity index (χ1) is 16.8. The van der Waals surface area contributed by atoms with E-state index in [4.69, 9.17) is 16.6 Å². The van der Waals surface area contributed by atoms with Crippen molar-refractivity contribution in [1.29, 1.82) is 0 Å². The smallest absolute Gasteiger partial charge is 0.253 e. The summed E-state index contributed by atoms with van der Waals surface area (Å²) in [6.45, 7) is 2.47. The monoisotopic (exact) mass is 546 g/mol. The minimum atomic E-state index is -3.87. The molecule has 1 saturated heterocycles. The van der Waals surface area contributed by atoms with Crippen molar-refractivity contribution in [2.45, 2.75) is 43.0 Å². The van der Waals surface area contributed by atoms with Crippen LogP contribution in [-0.4, -0.2) is 41.2 Å². The van der Waals surface area contributed by atoms with Crippen LogP contribution >= 0.6 is 34.3 Å². The molecule has 1 aromatic carbocycles. The fourth-order valence-electron chi connectivity index (χ4n) is 4.25. The lowest BCUT2D eigenvalue weighted by Gasteiger charge is -2.35. The molecule has 1 amide bonds. The van der Waals surface area contributed by atoms with E-state index >= 15 is 0 Å². The number of thiazole rings is 1. The lowest BCUT2D eigenvalue weighted by atomic mass is 10.0. The maximum atomic E-state index is 14.1. The fraction of sp³-hybridized carbons (Fsp3) is 0.292. The van der Waals surface area contributed by atoms with Gasteiger partial charge in [-0.25, -0.2) is 13.4 Å². The third-order valence-electron chi connectivity index (χ3n) is 6.00. The molecule has 35 heavy (non-hydrogen) atoms. The first kappa shape index (κ1) is 24.3. The maximum Gasteiger partial charge on any atom is 0.253 e. The molecular weight excluding hydrogens is 524 g/mol. The van der Waals surface area contributed by atoms with Crippen LogP contribution in [0.5, 0.6) is 0 Å². The molecule has 4 aromatic rings. The summed E-state index contributed by atoms with van der Waals surface area (Å²) in [5.41, 5.74) is 2.56. The molecule has 0 N–H and O–H groups in total. The number of carbonyl (C=O) groups is 1. The number of sulfonamides is 1. The summed E-state index contributed by atoms with van der Waals surface area (Å²) in [6.07, 6.45) is 3.59. The van der Waals surface area contributed by atoms with E-state index in [2.05, 4.69) is 4.98 Å². The zero-order chi connectivity index (χ0) is 24.6. The lowest BCUT2D eigenvalue weighted by molar-refractivity contribution is -0.123. The summed E-state index contributed by atoms with van der Waals surface area (Å²) < 4.78 is 29.9. The van der Waals surface area contributed by atoms with Crippen molar-refractivity contribution in [3.8, 4) is 0 Å². The number of amides is 1. The second kappa shape index (κ2) is 9.94. The molecule has 1 aliphatic rings. The predicted octanol–water partition coefficient (Wildman–Crippen LogP) is 5.49. The molecule has 11 heteroatoms. The van der Waals surface area contributed by atoms with Crippen LogP contribution in [0.4, 0.5) is 5.13 Å². The number of para-hydroxylation sites is 1. The van der Waals surface area contributed by atoms with Crippen LogP contribution in [0.15, 0.2) is 58.9 Å². The van der Waals surface area contributed by atoms with Crippen LogP contribution in [0, 0.1) is 6.92 Å². The molecule has 182 valence electrons. The second-order valence-corrected chi connectivity index (χ2v) is 13.2. The summed E-state index contributed by atoms with van der Waals surface area (Å²) >= 11 is 8.45. The maximum absolute atomic E-state index is 14.1. The molecule has 3 aromatic heterocycles. The molecule has 0 bridgehead atoms. The van der Waals surface area contributed by atoms with E-state index in [0.717, 1.165) is 33.5 Å². The lowest BCUT2D eigenvalue weighted by Crippen LogP contribution is -2.52. The standard InChI is InChI=1S/C24H23ClN4O3S3/c1-16-7-6-10-19-22(16)27-24(33-19)28(15-17-8-2-4-13-26-17)23(30)18-9-3-5-14-29(18)35(31,32)21-12-11-20(25)34-21/h2,4,6-8,10-13,18H,3,5,9,14-15H2,1H3. The van der Waals surface area contributed by atoms with E-state index in [1.807, 2.05) is 43.3 Å². The van der Waals surface area contributed by atoms with Gasteiger partial charge in [-0.2, -0.15) is 4.31 Å². The molecule has 1 aliphatic heterocycles. The number of hydrogen-bond acceptors (Lipinski definition) is 7. The van der Waals surface area contributed by atoms with Crippen LogP contribution in [0.3, 0.4) is 0 Å². The van der Waals surface area contributed by atoms with Crippen molar-refractivity contribution >= 4 is 65.6 Å². The Labute approximate surface area is 217 Å². The van der Waals surface area contributed by atoms with E-state index in [1.54, 1.807) is 17.2 Å². The minimum Gasteiger partial charge on any atom is -0.281 e. The number of halogens is 1. The van der Waals surface area contributed by atoms with Gasteiger partial charge in [0.25, 0.3) is 10.0 Å². The largest absolute Gasteiger partial charge is 0.281 e. The van der Waals surface area contributed by atoms with Gasteiger partial charge in [-0.15, -0.1) is 11.3 Å². The number of hydrogen-bond donors (Lipinski definition) is 0. The number of thiophene rings is 1. The van der Waals surface area contributed by atoms with Crippen LogP contribution in [0.25, 0.3) is 10.2 Å². The van der Waals surface area contributed by atoms with E-state index in [-0.39, 0.29) is 23.2 Å². The zero-order valence-electron chi connectivity index (χ0n) is 18.9. The van der Waals surface area contributed by atoms with Crippen molar-refractivity contribution in [2.75, 3.05) is 11.4 Å². The Kier molecular flexibility index (Phi) is 6.91. The highest BCUT2D eigenvalue weighted by Crippen LogP contribution is 2.35. The number of pyridine rings is 1. The quantitative estimate of drug-likeness (QED) is 0.319. The van der Waals surface area contributed by atoms with Gasteiger partial charge in [-0.3, -0.25) is 14.7 Å². The summed E-state index contributed by atoms with van der Waals surface area (Å²) in [7, 11) is -3.87. The number of benzene rings is 1. The molecule has 7 nitrogen and oxygen atoms in total. The number of carbonyl (C=O) groups excluding carboxylic acids is 1. The van der Waals surface area contributed by atoms with E-state index < -0.39 is 16.1 Å². The second-order valence-electron chi connectivity index (χ2n) is 8.35. The first-order valence-corrected chi connectivity index (χ1v) is 14.6. The molecule has 5 rings (SSSR count). The minimum absolute atomic E-state index is 0.147. The van der Waals surface area contributed by atoms with Gasteiger partial charge >= 0.3 is 0 Å². The van der Waals surface area contributed by atoms with Gasteiger partial charge < -0.3 is 0 Å². The van der Waals surface area contributed by atoms with E-state index in [0.29, 0.717) is 28.0 Å². The van der Waals surface area contributed by atoms with E-state index in [9.17, 15) is 13.2 Å². The molecule has 0 saturated carbocycles. The van der Waals surface area contributed by atoms with E-state index in [1.165, 1.54) is 21.7 Å². The van der Waals surface area contributed by atoms with Gasteiger partial charge in [0.15, 0.2) is 5.13 Å². The topological polar surface area (TPSA) is 83.5 Å². The Morgan fingerprint density at radius 3 is 2.71 bits per heavy atom. The Hall–Kier alpha value is -2.37. The molecule has 0 radical (unpaired) electrons. The number of anilines is 1. The molecule has 1 fully saturated rings. The highest BCUT2D eigenvalue weighted by molar-refractivity contribution is 7.91. The van der Waals surface area contributed by atoms with Crippen molar-refractivity contribution in [2.24, 2.45) is 0 Å². The van der Waals surface area contributed by atoms with Gasteiger partial charge in [-0.1, -0.05) is 47.6 Å². The van der Waals surface area contributed by atoms with Gasteiger partial charge in [0.1, 0.15) is 10.3 Å². The zero-order valence-corrected chi connectivity index (χ0v) is 22.1. The number of nitrogens with zero attached hydrogens (tertiary/aromatic N) is 4. The number of rotatable bonds is 6. The average molecular weight is 547 g/mol. The highest BCUT2D eigenvalue weighted by atomic mass is 35.5. The third kappa shape index (κ3) is 4.85. The van der Waals surface area contributed by atoms with Gasteiger partial charge in [-0.05, 0) is 55.7 Å². The van der Waals surface area contributed by atoms with Crippen LogP contribution in [0.1, 0.15) is 30.5 Å². The van der Waals surface area contributed by atoms with Crippen LogP contribution in [-0.2, 0) is 21.4 Å². The van der Waals surface area contributed by atoms with Gasteiger partial charge in [0.2, 0.25) is 5.91 Å². The Morgan fingerprint density at radius 2 is 2.00 bits per heavy atom. The first-order valence-electron chi connectivity index (χ1n) is 11.2. The molecule has 4 heterocycles. The number of aromatic nitrogens is 2. The van der Waals surface area contributed by atoms with Crippen molar-refractivity contribution < 1.29 is 13.2 Å². The fourth-order valence-corrected chi connectivity index (χ4v) is 8.57. The molecular formula is C24H23ClN4O3S3. The SMILES string of the molecule is Cc1cccc2sc(N(Cc3ccccn3)C(=O)C3CCCCN3S(=O)(=O)c3ccc(Cl)s3)nc12. The Balaban J connectivity index is 1.55. The Morgan fingerprint density at radius 1 is 1.14 bits per heavy atom. The molecule has 1 atom stereocenters. The third-order valence-corrected chi connectivity index (χ3v) is 10.7. The highest BCUT2D eigenvalue weighted by Gasteiger charge is 2.41. The number of aryl methyl sites for hydroxylation is 1. The van der Waals surface area contributed by atoms with Crippen molar-refractivity contribution in [1.82, 2.24) is 14.3 Å².